The Kier molecular flexibility index (Phi) is 6.39. The fraction of sp³-hybridized carbons (Fsp3) is 0.923. The standard InChI is InChI=1S/C13H25OS/c1-3-5-9-12(14)13(8-4-2)15-10-6-7-11-15/h13H,3-11H2,1-2H3/q+1. The summed E-state index contributed by atoms with van der Waals surface area (Å²) in [5.74, 6) is 3.24. The van der Waals surface area contributed by atoms with Crippen molar-refractivity contribution in [1.82, 2.24) is 0 Å². The third-order valence-electron chi connectivity index (χ3n) is 3.15. The predicted molar refractivity (Wildman–Crippen MR) is 69.6 cm³/mol. The summed E-state index contributed by atoms with van der Waals surface area (Å²) >= 11 is 0. The normalized spacial score (nSPS) is 19.3. The zero-order chi connectivity index (χ0) is 11.1. The van der Waals surface area contributed by atoms with Crippen LogP contribution in [-0.2, 0) is 15.7 Å². The molecule has 0 aliphatic carbocycles. The molecule has 0 N–H and O–H groups in total. The molecule has 1 atom stereocenters. The van der Waals surface area contributed by atoms with E-state index in [-0.39, 0.29) is 0 Å². The van der Waals surface area contributed by atoms with Gasteiger partial charge in [-0.1, -0.05) is 26.7 Å². The van der Waals surface area contributed by atoms with Crippen LogP contribution >= 0.6 is 0 Å². The molecule has 1 aliphatic rings. The van der Waals surface area contributed by atoms with Gasteiger partial charge in [-0.3, -0.25) is 4.79 Å². The maximum Gasteiger partial charge on any atom is 0.184 e. The van der Waals surface area contributed by atoms with E-state index in [1.165, 1.54) is 30.8 Å². The van der Waals surface area contributed by atoms with Crippen molar-refractivity contribution in [3.8, 4) is 0 Å². The van der Waals surface area contributed by atoms with Crippen LogP contribution in [0.4, 0.5) is 0 Å². The van der Waals surface area contributed by atoms with Crippen molar-refractivity contribution in [3.05, 3.63) is 0 Å². The van der Waals surface area contributed by atoms with Crippen LogP contribution in [0.5, 0.6) is 0 Å². The Hall–Kier alpha value is 0.0200. The summed E-state index contributed by atoms with van der Waals surface area (Å²) in [6, 6.07) is 0. The molecule has 1 nitrogen and oxygen atoms in total. The first-order valence-corrected chi connectivity index (χ1v) is 8.11. The maximum atomic E-state index is 12.1. The Labute approximate surface area is 97.4 Å². The highest BCUT2D eigenvalue weighted by Gasteiger charge is 2.37. The van der Waals surface area contributed by atoms with E-state index in [4.69, 9.17) is 0 Å². The number of hydrogen-bond donors (Lipinski definition) is 0. The van der Waals surface area contributed by atoms with E-state index in [9.17, 15) is 4.79 Å². The molecule has 1 rings (SSSR count). The Morgan fingerprint density at radius 1 is 1.20 bits per heavy atom. The van der Waals surface area contributed by atoms with Crippen molar-refractivity contribution in [2.24, 2.45) is 0 Å². The number of carbonyl (C=O) groups is 1. The first-order valence-electron chi connectivity index (χ1n) is 6.48. The van der Waals surface area contributed by atoms with Crippen LogP contribution < -0.4 is 0 Å². The first kappa shape index (κ1) is 13.1. The lowest BCUT2D eigenvalue weighted by molar-refractivity contribution is -0.118. The molecule has 0 aromatic heterocycles. The molecular formula is C13H25OS+. The van der Waals surface area contributed by atoms with Crippen LogP contribution in [0.25, 0.3) is 0 Å². The SMILES string of the molecule is CCCCC(=O)C(CCC)[S+]1CCCC1. The second kappa shape index (κ2) is 7.32. The van der Waals surface area contributed by atoms with Crippen LogP contribution in [0.15, 0.2) is 0 Å². The maximum absolute atomic E-state index is 12.1. The number of carbonyl (C=O) groups excluding carboxylic acids is 1. The van der Waals surface area contributed by atoms with E-state index in [2.05, 4.69) is 13.8 Å². The van der Waals surface area contributed by atoms with Gasteiger partial charge in [0, 0.05) is 12.8 Å². The van der Waals surface area contributed by atoms with Crippen molar-refractivity contribution in [2.75, 3.05) is 11.5 Å². The second-order valence-corrected chi connectivity index (χ2v) is 6.96. The minimum atomic E-state index is 0.434. The van der Waals surface area contributed by atoms with E-state index in [0.717, 1.165) is 25.7 Å². The Bertz CT molecular complexity index is 185. The molecule has 0 bridgehead atoms. The summed E-state index contributed by atoms with van der Waals surface area (Å²) < 4.78 is 0. The molecule has 0 spiro atoms. The quantitative estimate of drug-likeness (QED) is 0.612. The van der Waals surface area contributed by atoms with E-state index in [1.54, 1.807) is 0 Å². The lowest BCUT2D eigenvalue weighted by Gasteiger charge is -2.13. The van der Waals surface area contributed by atoms with E-state index < -0.39 is 0 Å². The molecule has 1 heterocycles. The minimum absolute atomic E-state index is 0.434. The Morgan fingerprint density at radius 3 is 2.40 bits per heavy atom. The first-order chi connectivity index (χ1) is 7.29. The molecule has 1 aliphatic heterocycles. The van der Waals surface area contributed by atoms with Crippen molar-refractivity contribution >= 4 is 16.7 Å². The van der Waals surface area contributed by atoms with Crippen molar-refractivity contribution in [2.45, 2.75) is 64.0 Å². The fourth-order valence-corrected chi connectivity index (χ4v) is 5.23. The fourth-order valence-electron chi connectivity index (χ4n) is 2.25. The second-order valence-electron chi connectivity index (χ2n) is 4.50. The molecule has 88 valence electrons. The largest absolute Gasteiger partial charge is 0.294 e. The highest BCUT2D eigenvalue weighted by Crippen LogP contribution is 2.23. The lowest BCUT2D eigenvalue weighted by atomic mass is 10.1. The summed E-state index contributed by atoms with van der Waals surface area (Å²) in [5, 5.41) is 0.434. The molecule has 1 unspecified atom stereocenters. The summed E-state index contributed by atoms with van der Waals surface area (Å²) in [7, 11) is 0.452. The molecule has 0 aromatic rings. The van der Waals surface area contributed by atoms with Crippen molar-refractivity contribution < 1.29 is 4.79 Å². The predicted octanol–water partition coefficient (Wildman–Crippen LogP) is 3.33. The van der Waals surface area contributed by atoms with Gasteiger partial charge in [-0.25, -0.2) is 0 Å². The van der Waals surface area contributed by atoms with Crippen LogP contribution in [0, 0.1) is 0 Å². The highest BCUT2D eigenvalue weighted by atomic mass is 32.2. The van der Waals surface area contributed by atoms with Gasteiger partial charge in [-0.05, 0) is 30.2 Å². The number of Topliss-reactive ketones (excluding diaryl/α,β-unsaturated/α-hetero) is 1. The smallest absolute Gasteiger partial charge is 0.184 e. The van der Waals surface area contributed by atoms with Gasteiger partial charge in [0.2, 0.25) is 0 Å². The van der Waals surface area contributed by atoms with Gasteiger partial charge < -0.3 is 0 Å². The Balaban J connectivity index is 2.43. The molecule has 0 aromatic carbocycles. The third-order valence-corrected chi connectivity index (χ3v) is 6.08. The van der Waals surface area contributed by atoms with Crippen LogP contribution in [0.3, 0.4) is 0 Å². The van der Waals surface area contributed by atoms with Gasteiger partial charge in [-0.2, -0.15) is 0 Å². The molecule has 1 saturated heterocycles. The molecule has 1 fully saturated rings. The van der Waals surface area contributed by atoms with E-state index >= 15 is 0 Å². The molecule has 2 heteroatoms. The van der Waals surface area contributed by atoms with Gasteiger partial charge in [-0.15, -0.1) is 0 Å². The van der Waals surface area contributed by atoms with Crippen LogP contribution in [0.2, 0.25) is 0 Å². The third kappa shape index (κ3) is 4.18. The van der Waals surface area contributed by atoms with Gasteiger partial charge in [0.25, 0.3) is 0 Å². The lowest BCUT2D eigenvalue weighted by Crippen LogP contribution is -2.31. The average molecular weight is 229 g/mol. The molecule has 0 amide bonds. The zero-order valence-electron chi connectivity index (χ0n) is 10.3. The summed E-state index contributed by atoms with van der Waals surface area (Å²) in [6.07, 6.45) is 8.13. The molecule has 0 saturated carbocycles. The number of ketones is 1. The van der Waals surface area contributed by atoms with Gasteiger partial charge in [0.15, 0.2) is 11.0 Å². The summed E-state index contributed by atoms with van der Waals surface area (Å²) in [4.78, 5) is 12.1. The van der Waals surface area contributed by atoms with Crippen LogP contribution in [-0.4, -0.2) is 22.5 Å². The monoisotopic (exact) mass is 229 g/mol. The number of unbranched alkanes of at least 4 members (excludes halogenated alkanes) is 1. The van der Waals surface area contributed by atoms with Crippen molar-refractivity contribution in [1.29, 1.82) is 0 Å². The van der Waals surface area contributed by atoms with E-state index in [0.29, 0.717) is 21.9 Å². The molecule has 15 heavy (non-hydrogen) atoms. The summed E-state index contributed by atoms with van der Waals surface area (Å²) in [5.41, 5.74) is 0. The van der Waals surface area contributed by atoms with Crippen LogP contribution in [0.1, 0.15) is 58.8 Å². The van der Waals surface area contributed by atoms with Crippen molar-refractivity contribution in [3.63, 3.8) is 0 Å². The minimum Gasteiger partial charge on any atom is -0.294 e. The Morgan fingerprint density at radius 2 is 1.87 bits per heavy atom. The topological polar surface area (TPSA) is 17.1 Å². The molecule has 0 radical (unpaired) electrons. The number of rotatable bonds is 7. The summed E-state index contributed by atoms with van der Waals surface area (Å²) in [6.45, 7) is 4.37. The average Bonchev–Trinajstić information content (AvgIpc) is 2.75. The van der Waals surface area contributed by atoms with E-state index in [1.807, 2.05) is 0 Å². The number of hydrogen-bond acceptors (Lipinski definition) is 1. The van der Waals surface area contributed by atoms with Gasteiger partial charge in [0.05, 0.1) is 0 Å². The molecular weight excluding hydrogens is 204 g/mol. The van der Waals surface area contributed by atoms with Gasteiger partial charge >= 0.3 is 0 Å². The highest BCUT2D eigenvalue weighted by molar-refractivity contribution is 7.98. The van der Waals surface area contributed by atoms with Gasteiger partial charge in [0.1, 0.15) is 11.5 Å². The zero-order valence-corrected chi connectivity index (χ0v) is 11.1.